The van der Waals surface area contributed by atoms with Crippen LogP contribution in [0.3, 0.4) is 0 Å². The lowest BCUT2D eigenvalue weighted by Crippen LogP contribution is -2.35. The van der Waals surface area contributed by atoms with Crippen LogP contribution in [0.25, 0.3) is 0 Å². The summed E-state index contributed by atoms with van der Waals surface area (Å²) < 4.78 is 5.04. The summed E-state index contributed by atoms with van der Waals surface area (Å²) in [5, 5.41) is 5.72. The Balaban J connectivity index is 2.20. The summed E-state index contributed by atoms with van der Waals surface area (Å²) in [6.07, 6.45) is 0. The Hall–Kier alpha value is -1.59. The largest absolute Gasteiger partial charge is 0.380 e. The molecule has 4 N–H and O–H groups in total. The van der Waals surface area contributed by atoms with E-state index >= 15 is 0 Å². The lowest BCUT2D eigenvalue weighted by molar-refractivity contribution is 0.185. The third kappa shape index (κ3) is 5.89. The van der Waals surface area contributed by atoms with Gasteiger partial charge in [0.05, 0.1) is 6.61 Å². The Labute approximate surface area is 101 Å². The van der Waals surface area contributed by atoms with Gasteiger partial charge in [-0.05, 0) is 11.1 Å². The number of carbonyl (C=O) groups is 1. The minimum Gasteiger partial charge on any atom is -0.380 e. The summed E-state index contributed by atoms with van der Waals surface area (Å²) in [7, 11) is 1.68. The molecule has 94 valence electrons. The SMILES string of the molecule is COCc1ccc(CNCCNC(N)=O)cc1. The molecule has 1 aromatic carbocycles. The molecule has 0 spiro atoms. The van der Waals surface area contributed by atoms with Crippen molar-refractivity contribution in [3.05, 3.63) is 35.4 Å². The first-order chi connectivity index (χ1) is 8.22. The molecule has 0 aliphatic rings. The van der Waals surface area contributed by atoms with Gasteiger partial charge in [-0.25, -0.2) is 4.79 Å². The van der Waals surface area contributed by atoms with Crippen molar-refractivity contribution < 1.29 is 9.53 Å². The molecule has 0 aromatic heterocycles. The smallest absolute Gasteiger partial charge is 0.312 e. The molecule has 0 fully saturated rings. The maximum atomic E-state index is 10.4. The molecule has 1 rings (SSSR count). The summed E-state index contributed by atoms with van der Waals surface area (Å²) in [6, 6.07) is 7.71. The van der Waals surface area contributed by atoms with Crippen LogP contribution in [0.4, 0.5) is 4.79 Å². The molecule has 0 bridgehead atoms. The molecule has 0 aliphatic carbocycles. The molecule has 0 heterocycles. The standard InChI is InChI=1S/C12H19N3O2/c1-17-9-11-4-2-10(3-5-11)8-14-6-7-15-12(13)16/h2-5,14H,6-9H2,1H3,(H3,13,15,16). The number of hydrogen-bond acceptors (Lipinski definition) is 3. The van der Waals surface area contributed by atoms with Crippen LogP contribution in [0.5, 0.6) is 0 Å². The fourth-order valence-electron chi connectivity index (χ4n) is 1.43. The van der Waals surface area contributed by atoms with Gasteiger partial charge in [0.2, 0.25) is 0 Å². The number of nitrogens with two attached hydrogens (primary N) is 1. The number of nitrogens with one attached hydrogen (secondary N) is 2. The highest BCUT2D eigenvalue weighted by molar-refractivity contribution is 5.71. The minimum absolute atomic E-state index is 0.490. The zero-order valence-electron chi connectivity index (χ0n) is 10.0. The second kappa shape index (κ2) is 7.65. The zero-order chi connectivity index (χ0) is 12.5. The van der Waals surface area contributed by atoms with Crippen molar-refractivity contribution in [2.24, 2.45) is 5.73 Å². The van der Waals surface area contributed by atoms with Crippen LogP contribution in [-0.2, 0) is 17.9 Å². The molecule has 1 aromatic rings. The topological polar surface area (TPSA) is 76.4 Å². The van der Waals surface area contributed by atoms with Crippen LogP contribution < -0.4 is 16.4 Å². The summed E-state index contributed by atoms with van der Waals surface area (Å²) in [5.74, 6) is 0. The molecule has 0 atom stereocenters. The molecule has 17 heavy (non-hydrogen) atoms. The van der Waals surface area contributed by atoms with E-state index in [-0.39, 0.29) is 0 Å². The number of amides is 2. The first-order valence-corrected chi connectivity index (χ1v) is 5.53. The summed E-state index contributed by atoms with van der Waals surface area (Å²) in [6.45, 7) is 2.64. The predicted molar refractivity (Wildman–Crippen MR) is 66.4 cm³/mol. The quantitative estimate of drug-likeness (QED) is 0.607. The predicted octanol–water partition coefficient (Wildman–Crippen LogP) is 0.591. The lowest BCUT2D eigenvalue weighted by Gasteiger charge is -2.06. The summed E-state index contributed by atoms with van der Waals surface area (Å²) in [5.41, 5.74) is 7.30. The molecule has 0 saturated carbocycles. The Morgan fingerprint density at radius 2 is 1.88 bits per heavy atom. The molecule has 2 amide bonds. The van der Waals surface area contributed by atoms with Gasteiger partial charge in [0, 0.05) is 26.7 Å². The molecule has 5 nitrogen and oxygen atoms in total. The van der Waals surface area contributed by atoms with Crippen molar-refractivity contribution in [1.82, 2.24) is 10.6 Å². The van der Waals surface area contributed by atoms with Crippen molar-refractivity contribution in [2.45, 2.75) is 13.2 Å². The highest BCUT2D eigenvalue weighted by atomic mass is 16.5. The maximum absolute atomic E-state index is 10.4. The van der Waals surface area contributed by atoms with Crippen LogP contribution in [0.15, 0.2) is 24.3 Å². The average molecular weight is 237 g/mol. The second-order valence-electron chi connectivity index (χ2n) is 3.72. The van der Waals surface area contributed by atoms with Gasteiger partial charge >= 0.3 is 6.03 Å². The Kier molecular flexibility index (Phi) is 6.06. The van der Waals surface area contributed by atoms with E-state index in [9.17, 15) is 4.79 Å². The molecular formula is C12H19N3O2. The highest BCUT2D eigenvalue weighted by Crippen LogP contribution is 2.04. The molecule has 0 saturated heterocycles. The van der Waals surface area contributed by atoms with E-state index in [0.29, 0.717) is 19.7 Å². The normalized spacial score (nSPS) is 10.2. The van der Waals surface area contributed by atoms with Gasteiger partial charge in [0.25, 0.3) is 0 Å². The van der Waals surface area contributed by atoms with E-state index in [2.05, 4.69) is 22.8 Å². The molecule has 0 aliphatic heterocycles. The molecule has 0 unspecified atom stereocenters. The Morgan fingerprint density at radius 3 is 2.47 bits per heavy atom. The van der Waals surface area contributed by atoms with Crippen molar-refractivity contribution in [1.29, 1.82) is 0 Å². The summed E-state index contributed by atoms with van der Waals surface area (Å²) in [4.78, 5) is 10.4. The second-order valence-corrected chi connectivity index (χ2v) is 3.72. The van der Waals surface area contributed by atoms with Crippen molar-refractivity contribution in [3.8, 4) is 0 Å². The third-order valence-electron chi connectivity index (χ3n) is 2.26. The van der Waals surface area contributed by atoms with Gasteiger partial charge < -0.3 is 21.1 Å². The van der Waals surface area contributed by atoms with E-state index in [1.807, 2.05) is 12.1 Å². The first kappa shape index (κ1) is 13.5. The van der Waals surface area contributed by atoms with Crippen molar-refractivity contribution in [3.63, 3.8) is 0 Å². The number of benzene rings is 1. The zero-order valence-corrected chi connectivity index (χ0v) is 10.0. The molecule has 0 radical (unpaired) electrons. The highest BCUT2D eigenvalue weighted by Gasteiger charge is 1.95. The van der Waals surface area contributed by atoms with E-state index < -0.39 is 6.03 Å². The van der Waals surface area contributed by atoms with E-state index in [1.54, 1.807) is 7.11 Å². The van der Waals surface area contributed by atoms with E-state index in [0.717, 1.165) is 12.1 Å². The van der Waals surface area contributed by atoms with Crippen LogP contribution >= 0.6 is 0 Å². The third-order valence-corrected chi connectivity index (χ3v) is 2.26. The number of methoxy groups -OCH3 is 1. The fraction of sp³-hybridized carbons (Fsp3) is 0.417. The lowest BCUT2D eigenvalue weighted by atomic mass is 10.1. The fourth-order valence-corrected chi connectivity index (χ4v) is 1.43. The van der Waals surface area contributed by atoms with E-state index in [1.165, 1.54) is 5.56 Å². The Morgan fingerprint density at radius 1 is 1.24 bits per heavy atom. The monoisotopic (exact) mass is 237 g/mol. The first-order valence-electron chi connectivity index (χ1n) is 5.53. The van der Waals surface area contributed by atoms with Crippen LogP contribution in [0, 0.1) is 0 Å². The van der Waals surface area contributed by atoms with Crippen molar-refractivity contribution in [2.75, 3.05) is 20.2 Å². The molecule has 5 heteroatoms. The van der Waals surface area contributed by atoms with Crippen LogP contribution in [-0.4, -0.2) is 26.2 Å². The van der Waals surface area contributed by atoms with E-state index in [4.69, 9.17) is 10.5 Å². The number of urea groups is 1. The number of carbonyl (C=O) groups excluding carboxylic acids is 1. The number of ether oxygens (including phenoxy) is 1. The van der Waals surface area contributed by atoms with Crippen LogP contribution in [0.2, 0.25) is 0 Å². The van der Waals surface area contributed by atoms with Gasteiger partial charge in [0.15, 0.2) is 0 Å². The van der Waals surface area contributed by atoms with Gasteiger partial charge in [0.1, 0.15) is 0 Å². The maximum Gasteiger partial charge on any atom is 0.312 e. The Bertz CT molecular complexity index is 338. The van der Waals surface area contributed by atoms with Gasteiger partial charge in [-0.2, -0.15) is 0 Å². The van der Waals surface area contributed by atoms with Gasteiger partial charge in [-0.3, -0.25) is 0 Å². The number of rotatable bonds is 7. The minimum atomic E-state index is -0.490. The van der Waals surface area contributed by atoms with Crippen LogP contribution in [0.1, 0.15) is 11.1 Å². The summed E-state index contributed by atoms with van der Waals surface area (Å²) >= 11 is 0. The van der Waals surface area contributed by atoms with Gasteiger partial charge in [-0.15, -0.1) is 0 Å². The number of hydrogen-bond donors (Lipinski definition) is 3. The van der Waals surface area contributed by atoms with Gasteiger partial charge in [-0.1, -0.05) is 24.3 Å². The average Bonchev–Trinajstić information content (AvgIpc) is 2.31. The van der Waals surface area contributed by atoms with Crippen molar-refractivity contribution >= 4 is 6.03 Å². The molecular weight excluding hydrogens is 218 g/mol. The number of primary amides is 1.